The van der Waals surface area contributed by atoms with E-state index in [0.717, 1.165) is 39.9 Å². The first-order valence-electron chi connectivity index (χ1n) is 12.4. The van der Waals surface area contributed by atoms with E-state index in [0.29, 0.717) is 16.0 Å². The van der Waals surface area contributed by atoms with Crippen molar-refractivity contribution in [1.82, 2.24) is 0 Å². The highest BCUT2D eigenvalue weighted by Gasteiger charge is 2.35. The fourth-order valence-electron chi connectivity index (χ4n) is 3.80. The average molecular weight is 550 g/mol. The van der Waals surface area contributed by atoms with Crippen molar-refractivity contribution in [1.29, 1.82) is 0 Å². The molecule has 9 heteroatoms. The molecule has 0 aromatic heterocycles. The zero-order chi connectivity index (χ0) is 27.7. The maximum atomic E-state index is 5.32. The van der Waals surface area contributed by atoms with Crippen LogP contribution in [-0.4, -0.2) is 43.6 Å². The molecule has 200 valence electrons. The lowest BCUT2D eigenvalue weighted by atomic mass is 10.2. The third-order valence-corrected chi connectivity index (χ3v) is 6.79. The van der Waals surface area contributed by atoms with Crippen LogP contribution in [0.25, 0.3) is 0 Å². The molecule has 40 heavy (non-hydrogen) atoms. The van der Waals surface area contributed by atoms with E-state index in [9.17, 15) is 0 Å². The Labute approximate surface area is 237 Å². The lowest BCUT2D eigenvalue weighted by Gasteiger charge is -2.17. The summed E-state index contributed by atoms with van der Waals surface area (Å²) in [5.74, 6) is 2.93. The second-order valence-corrected chi connectivity index (χ2v) is 9.38. The molecular formula is C31H27N5O3S. The number of thioether (sulfide) groups is 1. The van der Waals surface area contributed by atoms with Crippen LogP contribution in [0.2, 0.25) is 0 Å². The number of rotatable bonds is 8. The molecular weight excluding hydrogens is 522 g/mol. The number of benzene rings is 4. The van der Waals surface area contributed by atoms with Gasteiger partial charge in [0.1, 0.15) is 22.3 Å². The molecule has 1 heterocycles. The van der Waals surface area contributed by atoms with Crippen molar-refractivity contribution in [3.63, 3.8) is 0 Å². The highest BCUT2D eigenvalue weighted by atomic mass is 32.2. The maximum absolute atomic E-state index is 5.32. The summed E-state index contributed by atoms with van der Waals surface area (Å²) in [6.07, 6.45) is 1.70. The minimum Gasteiger partial charge on any atom is -0.497 e. The summed E-state index contributed by atoms with van der Waals surface area (Å²) in [5.41, 5.74) is 3.31. The predicted octanol–water partition coefficient (Wildman–Crippen LogP) is 7.12. The maximum Gasteiger partial charge on any atom is 0.202 e. The van der Waals surface area contributed by atoms with E-state index in [4.69, 9.17) is 24.2 Å². The summed E-state index contributed by atoms with van der Waals surface area (Å²) in [5, 5.41) is 10.3. The van der Waals surface area contributed by atoms with Crippen molar-refractivity contribution in [3.8, 4) is 17.2 Å². The third-order valence-electron chi connectivity index (χ3n) is 5.87. The van der Waals surface area contributed by atoms with Crippen LogP contribution in [0.4, 0.5) is 17.1 Å². The van der Waals surface area contributed by atoms with E-state index in [-0.39, 0.29) is 0 Å². The number of hydrogen-bond acceptors (Lipinski definition) is 8. The number of ether oxygens (including phenoxy) is 3. The van der Waals surface area contributed by atoms with E-state index < -0.39 is 0 Å². The lowest BCUT2D eigenvalue weighted by molar-refractivity contribution is 0.414. The standard InChI is InChI=1S/C31H27N5O3S/c1-37-26-15-9-22(10-16-26)21-32-35-31-36(25-7-5-4-6-8-25)29(33-23-11-17-27(38-2)18-12-23)30(40-31)34-24-13-19-28(39-3)20-14-24/h4-21H,1-3H3/b32-21+,33-29?,34-30?,35-31-. The van der Waals surface area contributed by atoms with Gasteiger partial charge in [-0.25, -0.2) is 9.98 Å². The molecule has 0 bridgehead atoms. The molecule has 0 saturated carbocycles. The molecule has 1 saturated heterocycles. The van der Waals surface area contributed by atoms with Gasteiger partial charge >= 0.3 is 0 Å². The van der Waals surface area contributed by atoms with E-state index in [1.807, 2.05) is 108 Å². The number of amidine groups is 2. The Balaban J connectivity index is 1.59. The van der Waals surface area contributed by atoms with Crippen molar-refractivity contribution in [2.24, 2.45) is 20.2 Å². The van der Waals surface area contributed by atoms with Crippen LogP contribution < -0.4 is 19.1 Å². The number of methoxy groups -OCH3 is 3. The van der Waals surface area contributed by atoms with E-state index in [1.54, 1.807) is 27.5 Å². The van der Waals surface area contributed by atoms with Gasteiger partial charge in [-0.1, -0.05) is 18.2 Å². The molecule has 8 nitrogen and oxygen atoms in total. The van der Waals surface area contributed by atoms with E-state index in [1.165, 1.54) is 11.8 Å². The minimum atomic E-state index is 0.621. The van der Waals surface area contributed by atoms with Gasteiger partial charge in [0.15, 0.2) is 5.84 Å². The molecule has 0 amide bonds. The molecule has 0 spiro atoms. The topological polar surface area (TPSA) is 80.4 Å². The van der Waals surface area contributed by atoms with Gasteiger partial charge in [-0.15, -0.1) is 5.10 Å². The molecule has 4 aromatic carbocycles. The van der Waals surface area contributed by atoms with Crippen LogP contribution in [0, 0.1) is 0 Å². The monoisotopic (exact) mass is 549 g/mol. The van der Waals surface area contributed by atoms with Gasteiger partial charge in [0.2, 0.25) is 5.17 Å². The van der Waals surface area contributed by atoms with Gasteiger partial charge in [-0.2, -0.15) is 5.10 Å². The average Bonchev–Trinajstić information content (AvgIpc) is 3.34. The van der Waals surface area contributed by atoms with Crippen molar-refractivity contribution in [2.45, 2.75) is 0 Å². The molecule has 1 aliphatic rings. The van der Waals surface area contributed by atoms with Crippen LogP contribution in [0.1, 0.15) is 5.56 Å². The molecule has 0 radical (unpaired) electrons. The SMILES string of the molecule is COc1ccc(/C=N/N=C2\SC(=Nc3ccc(OC)cc3)C(=Nc3ccc(OC)cc3)N2c2ccccc2)cc1. The van der Waals surface area contributed by atoms with E-state index in [2.05, 4.69) is 10.2 Å². The highest BCUT2D eigenvalue weighted by Crippen LogP contribution is 2.33. The van der Waals surface area contributed by atoms with Gasteiger partial charge in [0.05, 0.1) is 38.9 Å². The Hall–Kier alpha value is -4.89. The Morgan fingerprint density at radius 3 is 1.70 bits per heavy atom. The van der Waals surface area contributed by atoms with Crippen LogP contribution in [-0.2, 0) is 0 Å². The molecule has 0 unspecified atom stereocenters. The minimum absolute atomic E-state index is 0.621. The highest BCUT2D eigenvalue weighted by molar-refractivity contribution is 8.29. The Bertz CT molecular complexity index is 1550. The summed E-state index contributed by atoms with van der Waals surface area (Å²) in [6.45, 7) is 0. The number of anilines is 1. The summed E-state index contributed by atoms with van der Waals surface area (Å²) >= 11 is 1.40. The van der Waals surface area contributed by atoms with E-state index >= 15 is 0 Å². The number of aliphatic imine (C=N–C) groups is 2. The number of hydrogen-bond donors (Lipinski definition) is 0. The fourth-order valence-corrected chi connectivity index (χ4v) is 4.72. The van der Waals surface area contributed by atoms with Crippen molar-refractivity contribution < 1.29 is 14.2 Å². The molecule has 4 aromatic rings. The van der Waals surface area contributed by atoms with Gasteiger partial charge in [-0.3, -0.25) is 4.90 Å². The van der Waals surface area contributed by atoms with Gasteiger partial charge in [0.25, 0.3) is 0 Å². The first kappa shape index (κ1) is 26.7. The molecule has 1 aliphatic heterocycles. The first-order chi connectivity index (χ1) is 19.7. The number of para-hydroxylation sites is 1. The number of nitrogens with zero attached hydrogens (tertiary/aromatic N) is 5. The summed E-state index contributed by atoms with van der Waals surface area (Å²) in [7, 11) is 4.92. The third kappa shape index (κ3) is 6.39. The summed E-state index contributed by atoms with van der Waals surface area (Å²) in [6, 6.07) is 32.7. The van der Waals surface area contributed by atoms with Crippen molar-refractivity contribution in [3.05, 3.63) is 109 Å². The smallest absolute Gasteiger partial charge is 0.202 e. The van der Waals surface area contributed by atoms with Crippen LogP contribution in [0.5, 0.6) is 17.2 Å². The van der Waals surface area contributed by atoms with Gasteiger partial charge in [0, 0.05) is 5.69 Å². The van der Waals surface area contributed by atoms with Crippen molar-refractivity contribution in [2.75, 3.05) is 26.2 Å². The second-order valence-electron chi connectivity index (χ2n) is 8.42. The molecule has 1 fully saturated rings. The Morgan fingerprint density at radius 1 is 0.625 bits per heavy atom. The summed E-state index contributed by atoms with van der Waals surface area (Å²) in [4.78, 5) is 11.9. The lowest BCUT2D eigenvalue weighted by Crippen LogP contribution is -2.30. The van der Waals surface area contributed by atoms with Gasteiger partial charge in [-0.05, 0) is 102 Å². The quantitative estimate of drug-likeness (QED) is 0.173. The molecule has 0 N–H and O–H groups in total. The van der Waals surface area contributed by atoms with Crippen molar-refractivity contribution >= 4 is 51.1 Å². The molecule has 0 aliphatic carbocycles. The van der Waals surface area contributed by atoms with Crippen LogP contribution >= 0.6 is 11.8 Å². The Kier molecular flexibility index (Phi) is 8.53. The fraction of sp³-hybridized carbons (Fsp3) is 0.0968. The molecule has 5 rings (SSSR count). The largest absolute Gasteiger partial charge is 0.497 e. The Morgan fingerprint density at radius 2 is 1.15 bits per heavy atom. The molecule has 0 atom stereocenters. The van der Waals surface area contributed by atoms with Crippen LogP contribution in [0.3, 0.4) is 0 Å². The first-order valence-corrected chi connectivity index (χ1v) is 13.2. The predicted molar refractivity (Wildman–Crippen MR) is 165 cm³/mol. The van der Waals surface area contributed by atoms with Gasteiger partial charge < -0.3 is 14.2 Å². The summed E-state index contributed by atoms with van der Waals surface area (Å²) < 4.78 is 15.9. The normalized spacial score (nSPS) is 16.3. The second kappa shape index (κ2) is 12.8. The van der Waals surface area contributed by atoms with Crippen LogP contribution in [0.15, 0.2) is 123 Å². The zero-order valence-electron chi connectivity index (χ0n) is 22.3. The zero-order valence-corrected chi connectivity index (χ0v) is 23.1.